The van der Waals surface area contributed by atoms with Gasteiger partial charge in [0.15, 0.2) is 0 Å². The fraction of sp³-hybridized carbons (Fsp3) is 0.182. The molecule has 158 valence electrons. The zero-order chi connectivity index (χ0) is 22.0. The Labute approximate surface area is 188 Å². The third kappa shape index (κ3) is 4.47. The first-order valence-corrected chi connectivity index (χ1v) is 10.3. The number of para-hydroxylation sites is 1. The third-order valence-electron chi connectivity index (χ3n) is 4.79. The molecule has 3 heterocycles. The van der Waals surface area contributed by atoms with Crippen LogP contribution in [0.4, 0.5) is 0 Å². The van der Waals surface area contributed by atoms with E-state index in [-0.39, 0.29) is 12.5 Å². The number of carbonyl (C=O) groups excluding carboxylic acids is 1. The summed E-state index contributed by atoms with van der Waals surface area (Å²) in [6.07, 6.45) is 4.80. The van der Waals surface area contributed by atoms with Gasteiger partial charge in [-0.05, 0) is 24.6 Å². The highest BCUT2D eigenvalue weighted by Crippen LogP contribution is 2.35. The molecule has 0 saturated heterocycles. The monoisotopic (exact) mass is 455 g/mol. The van der Waals surface area contributed by atoms with E-state index in [4.69, 9.17) is 27.9 Å². The molecule has 0 aliphatic rings. The first-order chi connectivity index (χ1) is 14.9. The second-order valence-corrected chi connectivity index (χ2v) is 7.83. The summed E-state index contributed by atoms with van der Waals surface area (Å²) in [6, 6.07) is 7.67. The maximum atomic E-state index is 11.3. The van der Waals surface area contributed by atoms with Crippen molar-refractivity contribution in [1.82, 2.24) is 25.5 Å². The summed E-state index contributed by atoms with van der Waals surface area (Å²) in [5, 5.41) is 11.6. The Morgan fingerprint density at radius 2 is 2.03 bits per heavy atom. The van der Waals surface area contributed by atoms with Crippen LogP contribution in [0.2, 0.25) is 10.0 Å². The van der Waals surface area contributed by atoms with Gasteiger partial charge in [-0.15, -0.1) is 0 Å². The maximum Gasteiger partial charge on any atom is 0.217 e. The van der Waals surface area contributed by atoms with Crippen LogP contribution in [0, 0.1) is 6.92 Å². The number of aryl methyl sites for hydroxylation is 1. The van der Waals surface area contributed by atoms with Gasteiger partial charge in [0.2, 0.25) is 5.91 Å². The summed E-state index contributed by atoms with van der Waals surface area (Å²) in [5.74, 6) is 0.474. The van der Waals surface area contributed by atoms with Crippen LogP contribution in [0.25, 0.3) is 22.2 Å². The number of nitrogens with zero attached hydrogens (tertiary/aromatic N) is 3. The molecule has 0 aliphatic heterocycles. The van der Waals surface area contributed by atoms with Crippen molar-refractivity contribution in [1.29, 1.82) is 0 Å². The van der Waals surface area contributed by atoms with Gasteiger partial charge in [-0.2, -0.15) is 5.10 Å². The van der Waals surface area contributed by atoms with Gasteiger partial charge in [-0.3, -0.25) is 14.9 Å². The fourth-order valence-electron chi connectivity index (χ4n) is 3.32. The van der Waals surface area contributed by atoms with Crippen molar-refractivity contribution < 1.29 is 9.53 Å². The number of ether oxygens (including phenoxy) is 1. The molecule has 1 amide bonds. The number of aromatic nitrogens is 4. The number of benzene rings is 1. The van der Waals surface area contributed by atoms with Crippen LogP contribution in [0.1, 0.15) is 23.7 Å². The number of halogens is 2. The van der Waals surface area contributed by atoms with E-state index in [0.717, 1.165) is 33.5 Å². The van der Waals surface area contributed by atoms with Crippen LogP contribution in [-0.4, -0.2) is 26.1 Å². The highest BCUT2D eigenvalue weighted by Gasteiger charge is 2.15. The number of aromatic amines is 1. The molecule has 0 spiro atoms. The number of pyridine rings is 2. The lowest BCUT2D eigenvalue weighted by Gasteiger charge is -2.15. The summed E-state index contributed by atoms with van der Waals surface area (Å²) < 4.78 is 6.14. The molecule has 3 aromatic heterocycles. The van der Waals surface area contributed by atoms with Crippen molar-refractivity contribution in [3.63, 3.8) is 0 Å². The second-order valence-electron chi connectivity index (χ2n) is 7.01. The first kappa shape index (κ1) is 21.1. The van der Waals surface area contributed by atoms with E-state index in [9.17, 15) is 4.79 Å². The maximum absolute atomic E-state index is 11.3. The van der Waals surface area contributed by atoms with Crippen molar-refractivity contribution in [3.05, 3.63) is 69.7 Å². The number of H-pyrrole nitrogens is 1. The highest BCUT2D eigenvalue weighted by molar-refractivity contribution is 6.33. The Kier molecular flexibility index (Phi) is 6.06. The van der Waals surface area contributed by atoms with Gasteiger partial charge in [0.1, 0.15) is 17.9 Å². The van der Waals surface area contributed by atoms with Gasteiger partial charge in [-0.25, -0.2) is 4.98 Å². The van der Waals surface area contributed by atoms with Crippen LogP contribution < -0.4 is 10.1 Å². The quantitative estimate of drug-likeness (QED) is 0.433. The number of hydrogen-bond acceptors (Lipinski definition) is 5. The number of hydrogen-bond donors (Lipinski definition) is 2. The molecule has 0 unspecified atom stereocenters. The summed E-state index contributed by atoms with van der Waals surface area (Å²) >= 11 is 12.7. The second kappa shape index (κ2) is 8.91. The Bertz CT molecular complexity index is 1270. The Morgan fingerprint density at radius 1 is 1.19 bits per heavy atom. The van der Waals surface area contributed by atoms with Gasteiger partial charge < -0.3 is 10.1 Å². The van der Waals surface area contributed by atoms with Crippen molar-refractivity contribution in [3.8, 4) is 17.0 Å². The highest BCUT2D eigenvalue weighted by atomic mass is 35.5. The van der Waals surface area contributed by atoms with Gasteiger partial charge in [0.05, 0.1) is 21.9 Å². The zero-order valence-corrected chi connectivity index (χ0v) is 18.4. The van der Waals surface area contributed by atoms with Gasteiger partial charge in [0, 0.05) is 48.1 Å². The Morgan fingerprint density at radius 3 is 2.77 bits per heavy atom. The average Bonchev–Trinajstić information content (AvgIpc) is 3.16. The molecule has 0 radical (unpaired) electrons. The molecule has 0 atom stereocenters. The summed E-state index contributed by atoms with van der Waals surface area (Å²) in [6.45, 7) is 3.89. The molecule has 2 N–H and O–H groups in total. The lowest BCUT2D eigenvalue weighted by Crippen LogP contribution is -2.20. The number of nitrogens with one attached hydrogen (secondary N) is 2. The zero-order valence-electron chi connectivity index (χ0n) is 16.9. The van der Waals surface area contributed by atoms with Crippen LogP contribution in [0.3, 0.4) is 0 Å². The van der Waals surface area contributed by atoms with E-state index in [2.05, 4.69) is 25.5 Å². The van der Waals surface area contributed by atoms with E-state index in [1.807, 2.05) is 31.2 Å². The molecule has 4 aromatic rings. The largest absolute Gasteiger partial charge is 0.487 e. The molecule has 0 aliphatic carbocycles. The van der Waals surface area contributed by atoms with E-state index in [0.29, 0.717) is 27.9 Å². The van der Waals surface area contributed by atoms with Crippen molar-refractivity contribution in [2.45, 2.75) is 27.0 Å². The lowest BCUT2D eigenvalue weighted by atomic mass is 10.0. The fourth-order valence-corrected chi connectivity index (χ4v) is 3.74. The first-order valence-electron chi connectivity index (χ1n) is 9.52. The van der Waals surface area contributed by atoms with Crippen LogP contribution in [-0.2, 0) is 17.9 Å². The molecule has 1 aromatic carbocycles. The summed E-state index contributed by atoms with van der Waals surface area (Å²) in [4.78, 5) is 20.1. The van der Waals surface area contributed by atoms with E-state index >= 15 is 0 Å². The predicted molar refractivity (Wildman–Crippen MR) is 120 cm³/mol. The van der Waals surface area contributed by atoms with Crippen LogP contribution in [0.15, 0.2) is 42.9 Å². The minimum Gasteiger partial charge on any atom is -0.487 e. The lowest BCUT2D eigenvalue weighted by molar-refractivity contribution is -0.119. The summed E-state index contributed by atoms with van der Waals surface area (Å²) in [5.41, 5.74) is 4.69. The van der Waals surface area contributed by atoms with Gasteiger partial charge in [0.25, 0.3) is 0 Å². The number of carbonyl (C=O) groups is 1. The van der Waals surface area contributed by atoms with Crippen LogP contribution >= 0.6 is 23.2 Å². The number of fused-ring (bicyclic) bond motifs is 1. The van der Waals surface area contributed by atoms with Crippen LogP contribution in [0.5, 0.6) is 5.75 Å². The van der Waals surface area contributed by atoms with Crippen molar-refractivity contribution in [2.24, 2.45) is 0 Å². The van der Waals surface area contributed by atoms with E-state index in [1.54, 1.807) is 18.6 Å². The Balaban J connectivity index is 1.70. The van der Waals surface area contributed by atoms with Gasteiger partial charge >= 0.3 is 0 Å². The molecule has 31 heavy (non-hydrogen) atoms. The molecule has 0 bridgehead atoms. The molecule has 0 saturated carbocycles. The Hall–Kier alpha value is -3.16. The predicted octanol–water partition coefficient (Wildman–Crippen LogP) is 4.85. The van der Waals surface area contributed by atoms with Crippen molar-refractivity contribution in [2.75, 3.05) is 0 Å². The number of rotatable bonds is 6. The normalized spacial score (nSPS) is 11.0. The van der Waals surface area contributed by atoms with E-state index < -0.39 is 0 Å². The topological polar surface area (TPSA) is 92.8 Å². The van der Waals surface area contributed by atoms with E-state index in [1.165, 1.54) is 6.92 Å². The number of amides is 1. The average molecular weight is 456 g/mol. The molecular weight excluding hydrogens is 437 g/mol. The smallest absolute Gasteiger partial charge is 0.217 e. The molecular formula is C22H19Cl2N5O2. The van der Waals surface area contributed by atoms with Gasteiger partial charge in [-0.1, -0.05) is 35.3 Å². The molecule has 7 nitrogen and oxygen atoms in total. The summed E-state index contributed by atoms with van der Waals surface area (Å²) in [7, 11) is 0. The molecule has 9 heteroatoms. The molecule has 4 rings (SSSR count). The molecule has 0 fully saturated rings. The minimum absolute atomic E-state index is 0.134. The van der Waals surface area contributed by atoms with Crippen molar-refractivity contribution >= 4 is 40.0 Å². The minimum atomic E-state index is -0.134. The SMILES string of the molecule is CC(=O)NCc1cncc(Cl)c1COc1cccc2c(-c3[nH]ncc3Cl)cc(C)nc12. The third-order valence-corrected chi connectivity index (χ3v) is 5.40. The standard InChI is InChI=1S/C22H19Cl2N5O2/c1-12-6-16(21-19(24)10-27-29-21)15-4-3-5-20(22(15)28-12)31-11-17-14(8-26-13(2)30)7-25-9-18(17)23/h3-7,9-10H,8,11H2,1-2H3,(H,26,30)(H,27,29).